The molecule has 2 aromatic rings. The monoisotopic (exact) mass is 376 g/mol. The van der Waals surface area contributed by atoms with Crippen LogP contribution in [-0.4, -0.2) is 29.5 Å². The van der Waals surface area contributed by atoms with Gasteiger partial charge in [-0.2, -0.15) is 0 Å². The van der Waals surface area contributed by atoms with Gasteiger partial charge >= 0.3 is 6.09 Å². The average Bonchev–Trinajstić information content (AvgIpc) is 2.56. The highest BCUT2D eigenvalue weighted by Gasteiger charge is 2.20. The smallest absolute Gasteiger partial charge is 0.410 e. The van der Waals surface area contributed by atoms with Crippen molar-refractivity contribution >= 4 is 17.7 Å². The van der Waals surface area contributed by atoms with Crippen molar-refractivity contribution in [3.8, 4) is 0 Å². The zero-order valence-corrected chi connectivity index (χ0v) is 15.7. The highest BCUT2D eigenvalue weighted by Crippen LogP contribution is 2.17. The number of nitrogens with one attached hydrogen (secondary N) is 1. The Kier molecular flexibility index (Phi) is 6.15. The molecule has 0 bridgehead atoms. The maximum Gasteiger partial charge on any atom is 0.410 e. The van der Waals surface area contributed by atoms with E-state index in [1.807, 2.05) is 0 Å². The lowest BCUT2D eigenvalue weighted by atomic mass is 10.1. The third-order valence-electron chi connectivity index (χ3n) is 3.51. The largest absolute Gasteiger partial charge is 0.444 e. The van der Waals surface area contributed by atoms with Crippen LogP contribution in [0.3, 0.4) is 0 Å². The van der Waals surface area contributed by atoms with Crippen LogP contribution >= 0.6 is 0 Å². The molecule has 0 radical (unpaired) electrons. The predicted molar refractivity (Wildman–Crippen MR) is 98.5 cm³/mol. The predicted octanol–water partition coefficient (Wildman–Crippen LogP) is 4.58. The van der Waals surface area contributed by atoms with E-state index >= 15 is 0 Å². The molecule has 0 saturated heterocycles. The minimum atomic E-state index is -1.20. The van der Waals surface area contributed by atoms with Gasteiger partial charge in [0.25, 0.3) is 5.91 Å². The molecule has 0 atom stereocenters. The van der Waals surface area contributed by atoms with Crippen LogP contribution in [0.5, 0.6) is 0 Å². The fourth-order valence-corrected chi connectivity index (χ4v) is 2.30. The van der Waals surface area contributed by atoms with E-state index in [2.05, 4.69) is 5.32 Å². The Morgan fingerprint density at radius 2 is 1.78 bits per heavy atom. The molecule has 2 amide bonds. The van der Waals surface area contributed by atoms with E-state index in [4.69, 9.17) is 4.74 Å². The van der Waals surface area contributed by atoms with Crippen molar-refractivity contribution in [3.63, 3.8) is 0 Å². The van der Waals surface area contributed by atoms with E-state index in [-0.39, 0.29) is 12.1 Å². The number of benzene rings is 2. The Morgan fingerprint density at radius 3 is 2.44 bits per heavy atom. The van der Waals surface area contributed by atoms with Gasteiger partial charge in [0.2, 0.25) is 0 Å². The second-order valence-electron chi connectivity index (χ2n) is 7.09. The molecule has 0 aromatic heterocycles. The fraction of sp³-hybridized carbons (Fsp3) is 0.300. The van der Waals surface area contributed by atoms with Crippen LogP contribution in [0.25, 0.3) is 0 Å². The van der Waals surface area contributed by atoms with Gasteiger partial charge in [-0.25, -0.2) is 13.6 Å². The molecule has 5 nitrogen and oxygen atoms in total. The molecule has 27 heavy (non-hydrogen) atoms. The summed E-state index contributed by atoms with van der Waals surface area (Å²) >= 11 is 0. The molecule has 0 fully saturated rings. The summed E-state index contributed by atoms with van der Waals surface area (Å²) in [7, 11) is 1.60. The van der Waals surface area contributed by atoms with E-state index in [1.54, 1.807) is 52.1 Å². The van der Waals surface area contributed by atoms with Crippen LogP contribution in [0.2, 0.25) is 0 Å². The quantitative estimate of drug-likeness (QED) is 0.849. The van der Waals surface area contributed by atoms with E-state index in [0.717, 1.165) is 11.6 Å². The zero-order valence-electron chi connectivity index (χ0n) is 15.7. The lowest BCUT2D eigenvalue weighted by molar-refractivity contribution is 0.0285. The number of nitrogens with zero attached hydrogens (tertiary/aromatic N) is 1. The first kappa shape index (κ1) is 20.4. The zero-order chi connectivity index (χ0) is 20.2. The van der Waals surface area contributed by atoms with Crippen molar-refractivity contribution < 1.29 is 23.1 Å². The second kappa shape index (κ2) is 8.16. The first-order chi connectivity index (χ1) is 12.6. The summed E-state index contributed by atoms with van der Waals surface area (Å²) in [6, 6.07) is 10.1. The number of carbonyl (C=O) groups excluding carboxylic acids is 2. The SMILES string of the molecule is CN(Cc1cccc(NC(=O)c2cccc(F)c2F)c1)C(=O)OC(C)(C)C. The van der Waals surface area contributed by atoms with Gasteiger partial charge in [0.05, 0.1) is 5.56 Å². The molecule has 0 unspecified atom stereocenters. The summed E-state index contributed by atoms with van der Waals surface area (Å²) in [5.74, 6) is -3.05. The number of hydrogen-bond acceptors (Lipinski definition) is 3. The van der Waals surface area contributed by atoms with Gasteiger partial charge in [0, 0.05) is 19.3 Å². The molecule has 0 aliphatic carbocycles. The molecular formula is C20H22F2N2O3. The molecular weight excluding hydrogens is 354 g/mol. The molecule has 7 heteroatoms. The van der Waals surface area contributed by atoms with Gasteiger partial charge < -0.3 is 15.0 Å². The van der Waals surface area contributed by atoms with Crippen molar-refractivity contribution in [1.82, 2.24) is 4.90 Å². The highest BCUT2D eigenvalue weighted by atomic mass is 19.2. The number of anilines is 1. The van der Waals surface area contributed by atoms with Crippen LogP contribution in [0.4, 0.5) is 19.3 Å². The van der Waals surface area contributed by atoms with Crippen molar-refractivity contribution in [1.29, 1.82) is 0 Å². The van der Waals surface area contributed by atoms with E-state index < -0.39 is 29.2 Å². The summed E-state index contributed by atoms with van der Waals surface area (Å²) in [6.45, 7) is 5.59. The maximum absolute atomic E-state index is 13.7. The first-order valence-electron chi connectivity index (χ1n) is 8.35. The van der Waals surface area contributed by atoms with Gasteiger partial charge in [0.1, 0.15) is 5.60 Å². The number of carbonyl (C=O) groups is 2. The summed E-state index contributed by atoms with van der Waals surface area (Å²) in [6.07, 6.45) is -0.473. The third kappa shape index (κ3) is 5.77. The van der Waals surface area contributed by atoms with Crippen LogP contribution in [0.15, 0.2) is 42.5 Å². The van der Waals surface area contributed by atoms with Gasteiger partial charge in [-0.3, -0.25) is 4.79 Å². The molecule has 0 saturated carbocycles. The van der Waals surface area contributed by atoms with Crippen LogP contribution in [0.1, 0.15) is 36.7 Å². The number of ether oxygens (including phenoxy) is 1. The number of hydrogen-bond donors (Lipinski definition) is 1. The van der Waals surface area contributed by atoms with Gasteiger partial charge in [-0.1, -0.05) is 18.2 Å². The van der Waals surface area contributed by atoms with Gasteiger partial charge in [-0.05, 0) is 50.6 Å². The van der Waals surface area contributed by atoms with Crippen LogP contribution < -0.4 is 5.32 Å². The van der Waals surface area contributed by atoms with Gasteiger partial charge in [-0.15, -0.1) is 0 Å². The first-order valence-corrected chi connectivity index (χ1v) is 8.35. The third-order valence-corrected chi connectivity index (χ3v) is 3.51. The van der Waals surface area contributed by atoms with E-state index in [9.17, 15) is 18.4 Å². The molecule has 2 aromatic carbocycles. The Balaban J connectivity index is 2.08. The standard InChI is InChI=1S/C20H22F2N2O3/c1-20(2,3)27-19(26)24(4)12-13-7-5-8-14(11-13)23-18(25)15-9-6-10-16(21)17(15)22/h5-11H,12H2,1-4H3,(H,23,25). The number of rotatable bonds is 4. The normalized spacial score (nSPS) is 11.0. The summed E-state index contributed by atoms with van der Waals surface area (Å²) in [4.78, 5) is 25.6. The van der Waals surface area contributed by atoms with Crippen molar-refractivity contribution in [2.45, 2.75) is 32.9 Å². The molecule has 0 aliphatic heterocycles. The van der Waals surface area contributed by atoms with Crippen molar-refractivity contribution in [2.24, 2.45) is 0 Å². The molecule has 0 aliphatic rings. The molecule has 1 N–H and O–H groups in total. The van der Waals surface area contributed by atoms with Crippen molar-refractivity contribution in [3.05, 3.63) is 65.2 Å². The second-order valence-corrected chi connectivity index (χ2v) is 7.09. The Bertz CT molecular complexity index is 847. The van der Waals surface area contributed by atoms with Crippen LogP contribution in [0, 0.1) is 11.6 Å². The number of amides is 2. The van der Waals surface area contributed by atoms with E-state index in [0.29, 0.717) is 5.69 Å². The summed E-state index contributed by atoms with van der Waals surface area (Å²) in [5.41, 5.74) is 0.154. The minimum absolute atomic E-state index is 0.257. The molecule has 2 rings (SSSR count). The minimum Gasteiger partial charge on any atom is -0.444 e. The topological polar surface area (TPSA) is 58.6 Å². The Hall–Kier alpha value is -2.96. The Labute approximate surface area is 156 Å². The summed E-state index contributed by atoms with van der Waals surface area (Å²) in [5, 5.41) is 2.53. The van der Waals surface area contributed by atoms with Gasteiger partial charge in [0.15, 0.2) is 11.6 Å². The fourth-order valence-electron chi connectivity index (χ4n) is 2.30. The average molecular weight is 376 g/mol. The maximum atomic E-state index is 13.7. The van der Waals surface area contributed by atoms with E-state index in [1.165, 1.54) is 17.0 Å². The molecule has 144 valence electrons. The molecule has 0 spiro atoms. The summed E-state index contributed by atoms with van der Waals surface area (Å²) < 4.78 is 32.3. The highest BCUT2D eigenvalue weighted by molar-refractivity contribution is 6.04. The van der Waals surface area contributed by atoms with Crippen LogP contribution in [-0.2, 0) is 11.3 Å². The van der Waals surface area contributed by atoms with Crippen molar-refractivity contribution in [2.75, 3.05) is 12.4 Å². The Morgan fingerprint density at radius 1 is 1.11 bits per heavy atom. The molecule has 0 heterocycles. The lowest BCUT2D eigenvalue weighted by Gasteiger charge is -2.24. The lowest BCUT2D eigenvalue weighted by Crippen LogP contribution is -2.33. The number of halogens is 2.